The Labute approximate surface area is 174 Å². The van der Waals surface area contributed by atoms with E-state index in [-0.39, 0.29) is 18.6 Å². The second-order valence-electron chi connectivity index (χ2n) is 7.27. The number of aromatic nitrogens is 4. The Morgan fingerprint density at radius 1 is 1.00 bits per heavy atom. The molecule has 4 rings (SSSR count). The molecule has 1 aromatic heterocycles. The van der Waals surface area contributed by atoms with E-state index in [1.165, 1.54) is 17.4 Å². The largest absolute Gasteiger partial charge is 0.452 e. The van der Waals surface area contributed by atoms with Gasteiger partial charge in [-0.05, 0) is 59.7 Å². The number of esters is 1. The van der Waals surface area contributed by atoms with Crippen LogP contribution in [-0.2, 0) is 9.53 Å². The fourth-order valence-corrected chi connectivity index (χ4v) is 3.80. The molecule has 1 aliphatic carbocycles. The van der Waals surface area contributed by atoms with E-state index in [1.807, 2.05) is 30.3 Å². The molecule has 0 N–H and O–H groups in total. The molecule has 30 heavy (non-hydrogen) atoms. The number of ether oxygens (including phenoxy) is 1. The van der Waals surface area contributed by atoms with Gasteiger partial charge in [-0.1, -0.05) is 37.5 Å². The SMILES string of the molecule is O=C(OCC(=O)N(c1ccccc1)C1CCCCC1)c1ccc(-n2cnnn2)cc1. The first-order valence-corrected chi connectivity index (χ1v) is 10.1. The van der Waals surface area contributed by atoms with Crippen LogP contribution < -0.4 is 4.90 Å². The molecule has 0 bridgehead atoms. The molecule has 0 atom stereocenters. The standard InChI is InChI=1S/C22H23N5O3/c28-21(27(19-7-3-1-4-8-19)20-9-5-2-6-10-20)15-30-22(29)17-11-13-18(14-12-17)26-16-23-24-25-26/h1,3-4,7-8,11-14,16,20H,2,5-6,9-10,15H2. The van der Waals surface area contributed by atoms with Gasteiger partial charge in [-0.3, -0.25) is 4.79 Å². The van der Waals surface area contributed by atoms with Gasteiger partial charge in [-0.25, -0.2) is 9.48 Å². The van der Waals surface area contributed by atoms with Crippen LogP contribution in [-0.4, -0.2) is 44.7 Å². The number of carbonyl (C=O) groups is 2. The molecule has 0 unspecified atom stereocenters. The first kappa shape index (κ1) is 19.8. The summed E-state index contributed by atoms with van der Waals surface area (Å²) in [7, 11) is 0. The molecule has 1 amide bonds. The minimum absolute atomic E-state index is 0.142. The number of benzene rings is 2. The van der Waals surface area contributed by atoms with Crippen LogP contribution in [0, 0.1) is 0 Å². The van der Waals surface area contributed by atoms with E-state index >= 15 is 0 Å². The second kappa shape index (κ2) is 9.30. The molecular weight excluding hydrogens is 382 g/mol. The van der Waals surface area contributed by atoms with Crippen molar-refractivity contribution < 1.29 is 14.3 Å². The Hall–Kier alpha value is -3.55. The predicted octanol–water partition coefficient (Wildman–Crippen LogP) is 3.19. The van der Waals surface area contributed by atoms with Gasteiger partial charge in [0, 0.05) is 11.7 Å². The van der Waals surface area contributed by atoms with Crippen LogP contribution in [0.15, 0.2) is 60.9 Å². The summed E-state index contributed by atoms with van der Waals surface area (Å²) in [5, 5.41) is 11.0. The zero-order chi connectivity index (χ0) is 20.8. The Morgan fingerprint density at radius 3 is 2.40 bits per heavy atom. The number of carbonyl (C=O) groups excluding carboxylic acids is 2. The number of hydrogen-bond donors (Lipinski definition) is 0. The van der Waals surface area contributed by atoms with E-state index in [4.69, 9.17) is 4.74 Å². The maximum atomic E-state index is 13.0. The topological polar surface area (TPSA) is 90.2 Å². The van der Waals surface area contributed by atoms with E-state index in [0.29, 0.717) is 5.56 Å². The van der Waals surface area contributed by atoms with Crippen molar-refractivity contribution in [2.24, 2.45) is 0 Å². The predicted molar refractivity (Wildman–Crippen MR) is 110 cm³/mol. The molecule has 1 heterocycles. The molecule has 0 radical (unpaired) electrons. The first-order chi connectivity index (χ1) is 14.7. The molecule has 1 fully saturated rings. The molecule has 8 nitrogen and oxygen atoms in total. The van der Waals surface area contributed by atoms with Gasteiger partial charge in [0.2, 0.25) is 0 Å². The first-order valence-electron chi connectivity index (χ1n) is 10.1. The number of rotatable bonds is 6. The lowest BCUT2D eigenvalue weighted by molar-refractivity contribution is -0.122. The molecule has 1 aliphatic rings. The zero-order valence-corrected chi connectivity index (χ0v) is 16.6. The molecule has 0 spiro atoms. The summed E-state index contributed by atoms with van der Waals surface area (Å²) in [5.74, 6) is -0.741. The number of hydrogen-bond acceptors (Lipinski definition) is 6. The van der Waals surface area contributed by atoms with Gasteiger partial charge in [0.25, 0.3) is 5.91 Å². The van der Waals surface area contributed by atoms with Crippen molar-refractivity contribution in [3.05, 3.63) is 66.5 Å². The van der Waals surface area contributed by atoms with E-state index in [9.17, 15) is 9.59 Å². The van der Waals surface area contributed by atoms with Gasteiger partial charge in [-0.15, -0.1) is 5.10 Å². The second-order valence-corrected chi connectivity index (χ2v) is 7.27. The van der Waals surface area contributed by atoms with Crippen LogP contribution >= 0.6 is 0 Å². The Kier molecular flexibility index (Phi) is 6.12. The highest BCUT2D eigenvalue weighted by atomic mass is 16.5. The van der Waals surface area contributed by atoms with Gasteiger partial charge in [0.1, 0.15) is 6.33 Å². The molecule has 1 saturated carbocycles. The number of tetrazole rings is 1. The van der Waals surface area contributed by atoms with Crippen LogP contribution in [0.4, 0.5) is 5.69 Å². The van der Waals surface area contributed by atoms with Gasteiger partial charge in [0.15, 0.2) is 6.61 Å². The lowest BCUT2D eigenvalue weighted by atomic mass is 9.93. The molecular formula is C22H23N5O3. The highest BCUT2D eigenvalue weighted by molar-refractivity contribution is 5.97. The molecule has 0 saturated heterocycles. The lowest BCUT2D eigenvalue weighted by Crippen LogP contribution is -2.43. The Bertz CT molecular complexity index is 968. The Morgan fingerprint density at radius 2 is 1.73 bits per heavy atom. The molecule has 3 aromatic rings. The smallest absolute Gasteiger partial charge is 0.338 e. The Balaban J connectivity index is 1.42. The number of para-hydroxylation sites is 1. The molecule has 154 valence electrons. The average molecular weight is 405 g/mol. The van der Waals surface area contributed by atoms with Crippen molar-refractivity contribution in [2.75, 3.05) is 11.5 Å². The summed E-state index contributed by atoms with van der Waals surface area (Å²) in [6, 6.07) is 16.4. The summed E-state index contributed by atoms with van der Waals surface area (Å²) in [6.45, 7) is -0.293. The van der Waals surface area contributed by atoms with E-state index < -0.39 is 5.97 Å². The highest BCUT2D eigenvalue weighted by Gasteiger charge is 2.27. The third-order valence-corrected chi connectivity index (χ3v) is 5.29. The fraction of sp³-hybridized carbons (Fsp3) is 0.318. The maximum absolute atomic E-state index is 13.0. The van der Waals surface area contributed by atoms with Crippen molar-refractivity contribution in [3.8, 4) is 5.69 Å². The van der Waals surface area contributed by atoms with Crippen molar-refractivity contribution in [2.45, 2.75) is 38.1 Å². The minimum atomic E-state index is -0.539. The van der Waals surface area contributed by atoms with Gasteiger partial charge >= 0.3 is 5.97 Å². The average Bonchev–Trinajstić information content (AvgIpc) is 3.34. The fourth-order valence-electron chi connectivity index (χ4n) is 3.80. The summed E-state index contributed by atoms with van der Waals surface area (Å²) in [5.41, 5.74) is 1.93. The number of amides is 1. The van der Waals surface area contributed by atoms with Crippen molar-refractivity contribution >= 4 is 17.6 Å². The van der Waals surface area contributed by atoms with Crippen molar-refractivity contribution in [1.29, 1.82) is 0 Å². The van der Waals surface area contributed by atoms with E-state index in [1.54, 1.807) is 29.2 Å². The van der Waals surface area contributed by atoms with Crippen LogP contribution in [0.25, 0.3) is 5.69 Å². The van der Waals surface area contributed by atoms with Gasteiger partial charge in [0.05, 0.1) is 11.3 Å². The summed E-state index contributed by atoms with van der Waals surface area (Å²) < 4.78 is 6.82. The monoisotopic (exact) mass is 405 g/mol. The molecule has 8 heteroatoms. The van der Waals surface area contributed by atoms with E-state index in [0.717, 1.165) is 37.1 Å². The maximum Gasteiger partial charge on any atom is 0.338 e. The molecule has 2 aromatic carbocycles. The normalized spacial score (nSPS) is 14.3. The van der Waals surface area contributed by atoms with Crippen LogP contribution in [0.2, 0.25) is 0 Å². The third kappa shape index (κ3) is 4.53. The number of nitrogens with zero attached hydrogens (tertiary/aromatic N) is 5. The minimum Gasteiger partial charge on any atom is -0.452 e. The van der Waals surface area contributed by atoms with Crippen LogP contribution in [0.5, 0.6) is 0 Å². The van der Waals surface area contributed by atoms with Crippen LogP contribution in [0.3, 0.4) is 0 Å². The zero-order valence-electron chi connectivity index (χ0n) is 16.6. The third-order valence-electron chi connectivity index (χ3n) is 5.29. The lowest BCUT2D eigenvalue weighted by Gasteiger charge is -2.34. The molecule has 0 aliphatic heterocycles. The summed E-state index contributed by atoms with van der Waals surface area (Å²) >= 11 is 0. The van der Waals surface area contributed by atoms with Crippen molar-refractivity contribution in [3.63, 3.8) is 0 Å². The highest BCUT2D eigenvalue weighted by Crippen LogP contribution is 2.27. The van der Waals surface area contributed by atoms with Crippen molar-refractivity contribution in [1.82, 2.24) is 20.2 Å². The summed E-state index contributed by atoms with van der Waals surface area (Å²) in [6.07, 6.45) is 6.81. The summed E-state index contributed by atoms with van der Waals surface area (Å²) in [4.78, 5) is 27.3. The van der Waals surface area contributed by atoms with E-state index in [2.05, 4.69) is 15.5 Å². The quantitative estimate of drug-likeness (QED) is 0.585. The van der Waals surface area contributed by atoms with Gasteiger partial charge in [-0.2, -0.15) is 0 Å². The van der Waals surface area contributed by atoms with Crippen LogP contribution in [0.1, 0.15) is 42.5 Å². The number of anilines is 1. The van der Waals surface area contributed by atoms with Gasteiger partial charge < -0.3 is 9.64 Å².